The number of phenols is 2. The molecule has 4 heterocycles. The summed E-state index contributed by atoms with van der Waals surface area (Å²) in [5.74, 6) is 1.78. The van der Waals surface area contributed by atoms with Crippen LogP contribution in [0.25, 0.3) is 111 Å². The molecule has 0 amide bonds. The minimum atomic E-state index is 0. The number of aromatic hydroxyl groups is 2. The van der Waals surface area contributed by atoms with Gasteiger partial charge in [0.1, 0.15) is 11.5 Å². The molecule has 2 N–H and O–H groups in total. The third kappa shape index (κ3) is 10.1. The SMILES string of the molecule is Cc1cc(-c2ccccc2-c2cn(C)c(-c3nc(-c4ccccc4-c4cc(C)cc(-n5c6ccccc6c6ccccc65)c4O)cn3C)n2)c(O)c(-n2c3ccccc3c3ccccc32)c1.[CH2-]c1ccccc1.[CH2-]c1ccccc1.[Zr+2]. The van der Waals surface area contributed by atoms with Crippen molar-refractivity contribution in [3.8, 4) is 79.3 Å². The molecule has 0 spiro atoms. The van der Waals surface area contributed by atoms with E-state index in [2.05, 4.69) is 158 Å². The number of aromatic nitrogens is 6. The van der Waals surface area contributed by atoms with Gasteiger partial charge in [-0.3, -0.25) is 0 Å². The molecule has 10 aromatic carbocycles. The van der Waals surface area contributed by atoms with Crippen molar-refractivity contribution in [2.75, 3.05) is 0 Å². The van der Waals surface area contributed by atoms with Gasteiger partial charge in [-0.05, 0) is 84.6 Å². The van der Waals surface area contributed by atoms with Gasteiger partial charge in [0.2, 0.25) is 0 Å². The largest absolute Gasteiger partial charge is 2.00 e. The predicted octanol–water partition coefficient (Wildman–Crippen LogP) is 17.4. The summed E-state index contributed by atoms with van der Waals surface area (Å²) in [4.78, 5) is 10.5. The zero-order chi connectivity index (χ0) is 55.0. The number of para-hydroxylation sites is 4. The van der Waals surface area contributed by atoms with Crippen LogP contribution < -0.4 is 0 Å². The molecule has 9 heteroatoms. The van der Waals surface area contributed by atoms with Gasteiger partial charge in [-0.25, -0.2) is 9.97 Å². The Morgan fingerprint density at radius 2 is 0.630 bits per heavy atom. The van der Waals surface area contributed by atoms with Crippen LogP contribution in [0, 0.1) is 27.7 Å². The van der Waals surface area contributed by atoms with E-state index in [4.69, 9.17) is 9.97 Å². The quantitative estimate of drug-likeness (QED) is 0.156. The molecule has 0 saturated heterocycles. The second-order valence-corrected chi connectivity index (χ2v) is 20.3. The Morgan fingerprint density at radius 3 is 0.938 bits per heavy atom. The van der Waals surface area contributed by atoms with E-state index >= 15 is 0 Å². The predicted molar refractivity (Wildman–Crippen MR) is 330 cm³/mol. The van der Waals surface area contributed by atoms with E-state index in [-0.39, 0.29) is 37.7 Å². The van der Waals surface area contributed by atoms with E-state index in [9.17, 15) is 10.2 Å². The molecule has 8 nitrogen and oxygen atoms in total. The first-order valence-electron chi connectivity index (χ1n) is 26.7. The van der Waals surface area contributed by atoms with E-state index in [1.54, 1.807) is 0 Å². The number of phenolic OH excluding ortho intramolecular Hbond substituents is 2. The summed E-state index contributed by atoms with van der Waals surface area (Å²) in [7, 11) is 3.98. The normalized spacial score (nSPS) is 11.1. The first kappa shape index (κ1) is 53.4. The Labute approximate surface area is 491 Å². The molecule has 14 rings (SSSR count). The second kappa shape index (κ2) is 22.7. The van der Waals surface area contributed by atoms with Crippen LogP contribution in [0.4, 0.5) is 0 Å². The summed E-state index contributed by atoms with van der Waals surface area (Å²) >= 11 is 0. The van der Waals surface area contributed by atoms with Crippen molar-refractivity contribution >= 4 is 43.6 Å². The summed E-state index contributed by atoms with van der Waals surface area (Å²) in [5.41, 5.74) is 16.3. The van der Waals surface area contributed by atoms with E-state index in [0.717, 1.165) is 122 Å². The van der Waals surface area contributed by atoms with Crippen LogP contribution in [0.5, 0.6) is 11.5 Å². The molecule has 0 bridgehead atoms. The van der Waals surface area contributed by atoms with Crippen LogP contribution in [0.2, 0.25) is 0 Å². The Hall–Kier alpha value is -9.56. The van der Waals surface area contributed by atoms with Crippen molar-refractivity contribution in [3.05, 3.63) is 279 Å². The average Bonchev–Trinajstić information content (AvgIpc) is 4.32. The fourth-order valence-corrected chi connectivity index (χ4v) is 11.1. The van der Waals surface area contributed by atoms with Crippen molar-refractivity contribution in [2.24, 2.45) is 14.1 Å². The molecular weight excluding hydrogens is 1070 g/mol. The maximum Gasteiger partial charge on any atom is 2.00 e. The summed E-state index contributed by atoms with van der Waals surface area (Å²) in [5, 5.41) is 29.2. The number of fused-ring (bicyclic) bond motifs is 6. The fraction of sp³-hybridized carbons (Fsp3) is 0.0556. The smallest absolute Gasteiger partial charge is 0.505 e. The van der Waals surface area contributed by atoms with E-state index in [1.165, 1.54) is 0 Å². The van der Waals surface area contributed by atoms with Crippen LogP contribution in [0.15, 0.2) is 243 Å². The van der Waals surface area contributed by atoms with Crippen LogP contribution in [-0.4, -0.2) is 38.4 Å². The molecule has 0 radical (unpaired) electrons. The minimum absolute atomic E-state index is 0. The molecule has 0 saturated carbocycles. The number of rotatable bonds is 7. The van der Waals surface area contributed by atoms with Crippen LogP contribution in [0.3, 0.4) is 0 Å². The number of aryl methyl sites for hydroxylation is 4. The standard InChI is InChI=1S/C58H44N6O2.2C7H7.Zr/c1-35-29-45(55(65)53(31-35)63-49-25-13-9-21-41(49)42-22-10-14-26-50(42)63)37-17-5-7-19-39(37)47-33-61(3)57(59-47)58-60-48(34-62(58)4)40-20-8-6-18-38(40)46-30-36(2)32-54(56(46)66)64-51-27-15-11-23-43(51)44-24-12-16-28-52(44)64;2*1-7-5-3-2-4-6-7;/h5-34,65-66H,1-4H3;2*2-6H,1H2;/q;2*-1;+2. The van der Waals surface area contributed by atoms with E-state index in [0.29, 0.717) is 11.6 Å². The molecule has 4 aromatic heterocycles. The first-order valence-corrected chi connectivity index (χ1v) is 26.7. The van der Waals surface area contributed by atoms with Crippen LogP contribution >= 0.6 is 0 Å². The molecule has 0 aliphatic rings. The molecule has 0 unspecified atom stereocenters. The summed E-state index contributed by atoms with van der Waals surface area (Å²) in [6, 6.07) is 77.6. The summed E-state index contributed by atoms with van der Waals surface area (Å²) in [6.07, 6.45) is 4.05. The summed E-state index contributed by atoms with van der Waals surface area (Å²) < 4.78 is 8.35. The molecule has 0 atom stereocenters. The zero-order valence-electron chi connectivity index (χ0n) is 45.6. The monoisotopic (exact) mass is 1130 g/mol. The molecular formula is C72H58N6O2Zr. The number of hydrogen-bond donors (Lipinski definition) is 2. The van der Waals surface area contributed by atoms with Gasteiger partial charge in [0, 0.05) is 70.3 Å². The molecule has 14 aromatic rings. The van der Waals surface area contributed by atoms with Gasteiger partial charge in [-0.15, -0.1) is 24.3 Å². The average molecular weight is 1130 g/mol. The van der Waals surface area contributed by atoms with Gasteiger partial charge in [-0.2, -0.15) is 49.2 Å². The van der Waals surface area contributed by atoms with Gasteiger partial charge in [0.25, 0.3) is 0 Å². The molecule has 0 aliphatic heterocycles. The molecule has 0 fully saturated rings. The molecule has 392 valence electrons. The Kier molecular flexibility index (Phi) is 15.0. The maximum absolute atomic E-state index is 12.3. The Bertz CT molecular complexity index is 4190. The van der Waals surface area contributed by atoms with Gasteiger partial charge in [0.15, 0.2) is 11.6 Å². The number of nitrogens with zero attached hydrogens (tertiary/aromatic N) is 6. The van der Waals surface area contributed by atoms with Crippen molar-refractivity contribution in [1.82, 2.24) is 28.2 Å². The van der Waals surface area contributed by atoms with E-state index in [1.807, 2.05) is 145 Å². The third-order valence-corrected chi connectivity index (χ3v) is 14.7. The third-order valence-electron chi connectivity index (χ3n) is 14.7. The topological polar surface area (TPSA) is 86.0 Å². The summed E-state index contributed by atoms with van der Waals surface area (Å²) in [6.45, 7) is 11.6. The fourth-order valence-electron chi connectivity index (χ4n) is 11.1. The minimum Gasteiger partial charge on any atom is -0.505 e. The van der Waals surface area contributed by atoms with Crippen molar-refractivity contribution in [2.45, 2.75) is 13.8 Å². The van der Waals surface area contributed by atoms with Crippen molar-refractivity contribution in [1.29, 1.82) is 0 Å². The van der Waals surface area contributed by atoms with Gasteiger partial charge in [0.05, 0.1) is 44.8 Å². The number of benzene rings is 10. The van der Waals surface area contributed by atoms with Crippen molar-refractivity contribution in [3.63, 3.8) is 0 Å². The Morgan fingerprint density at radius 1 is 0.346 bits per heavy atom. The van der Waals surface area contributed by atoms with E-state index < -0.39 is 0 Å². The van der Waals surface area contributed by atoms with Gasteiger partial charge in [-0.1, -0.05) is 133 Å². The zero-order valence-corrected chi connectivity index (χ0v) is 48.0. The van der Waals surface area contributed by atoms with Crippen LogP contribution in [0.1, 0.15) is 22.3 Å². The second-order valence-electron chi connectivity index (χ2n) is 20.3. The number of imidazole rings is 2. The van der Waals surface area contributed by atoms with Gasteiger partial charge < -0.3 is 28.5 Å². The Balaban J connectivity index is 0.000000404. The van der Waals surface area contributed by atoms with Crippen molar-refractivity contribution < 1.29 is 36.4 Å². The molecule has 0 aliphatic carbocycles. The van der Waals surface area contributed by atoms with Crippen LogP contribution in [-0.2, 0) is 40.3 Å². The maximum atomic E-state index is 12.3. The van der Waals surface area contributed by atoms with Gasteiger partial charge >= 0.3 is 26.2 Å². The first-order chi connectivity index (χ1) is 39.0. The molecule has 81 heavy (non-hydrogen) atoms. The number of hydrogen-bond acceptors (Lipinski definition) is 4.